The lowest BCUT2D eigenvalue weighted by Crippen LogP contribution is -2.19. The predicted molar refractivity (Wildman–Crippen MR) is 89.4 cm³/mol. The van der Waals surface area contributed by atoms with Gasteiger partial charge in [0.05, 0.1) is 0 Å². The highest BCUT2D eigenvalue weighted by molar-refractivity contribution is 7.98. The topological polar surface area (TPSA) is 41.1 Å². The zero-order chi connectivity index (χ0) is 14.7. The smallest absolute Gasteiger partial charge is 0.256 e. The predicted octanol–water partition coefficient (Wildman–Crippen LogP) is 4.02. The van der Waals surface area contributed by atoms with Crippen LogP contribution < -0.4 is 10.6 Å². The molecule has 0 aliphatic carbocycles. The van der Waals surface area contributed by atoms with Gasteiger partial charge in [-0.25, -0.2) is 0 Å². The molecule has 21 heavy (non-hydrogen) atoms. The van der Waals surface area contributed by atoms with Crippen LogP contribution >= 0.6 is 11.8 Å². The highest BCUT2D eigenvalue weighted by atomic mass is 32.2. The Morgan fingerprint density at radius 2 is 2.00 bits per heavy atom. The molecule has 0 spiro atoms. The minimum atomic E-state index is -0.0348. The van der Waals surface area contributed by atoms with E-state index >= 15 is 0 Å². The van der Waals surface area contributed by atoms with Gasteiger partial charge in [-0.1, -0.05) is 6.07 Å². The number of hydrogen-bond acceptors (Lipinski definition) is 3. The summed E-state index contributed by atoms with van der Waals surface area (Å²) in [6.07, 6.45) is 4.06. The second-order valence-electron chi connectivity index (χ2n) is 5.04. The fraction of sp³-hybridized carbons (Fsp3) is 0.235. The van der Waals surface area contributed by atoms with Crippen molar-refractivity contribution >= 4 is 29.0 Å². The molecule has 2 N–H and O–H groups in total. The van der Waals surface area contributed by atoms with Crippen molar-refractivity contribution < 1.29 is 4.79 Å². The Labute approximate surface area is 129 Å². The SMILES string of the molecule is CSc1ccc(NC(=O)c2cccc3c2CCCN3)cc1. The summed E-state index contributed by atoms with van der Waals surface area (Å²) in [6.45, 7) is 0.980. The van der Waals surface area contributed by atoms with Gasteiger partial charge in [-0.15, -0.1) is 11.8 Å². The zero-order valence-electron chi connectivity index (χ0n) is 12.0. The summed E-state index contributed by atoms with van der Waals surface area (Å²) >= 11 is 1.69. The number of fused-ring (bicyclic) bond motifs is 1. The average molecular weight is 298 g/mol. The lowest BCUT2D eigenvalue weighted by molar-refractivity contribution is 0.102. The standard InChI is InChI=1S/C17H18N2OS/c1-21-13-9-7-12(8-10-13)19-17(20)15-4-2-6-16-14(15)5-3-11-18-16/h2,4,6-10,18H,3,5,11H2,1H3,(H,19,20). The first-order valence-corrected chi connectivity index (χ1v) is 8.31. The molecular weight excluding hydrogens is 280 g/mol. The Kier molecular flexibility index (Phi) is 4.15. The summed E-state index contributed by atoms with van der Waals surface area (Å²) < 4.78 is 0. The Balaban J connectivity index is 1.82. The van der Waals surface area contributed by atoms with Crippen LogP contribution in [0.4, 0.5) is 11.4 Å². The van der Waals surface area contributed by atoms with E-state index in [2.05, 4.69) is 10.6 Å². The lowest BCUT2D eigenvalue weighted by Gasteiger charge is -2.20. The van der Waals surface area contributed by atoms with Gasteiger partial charge in [-0.2, -0.15) is 0 Å². The van der Waals surface area contributed by atoms with Crippen LogP contribution in [0.1, 0.15) is 22.3 Å². The molecule has 108 valence electrons. The molecule has 4 heteroatoms. The van der Waals surface area contributed by atoms with E-state index in [0.717, 1.165) is 41.9 Å². The Morgan fingerprint density at radius 1 is 1.19 bits per heavy atom. The van der Waals surface area contributed by atoms with E-state index in [1.165, 1.54) is 4.90 Å². The van der Waals surface area contributed by atoms with E-state index in [4.69, 9.17) is 0 Å². The number of thioether (sulfide) groups is 1. The summed E-state index contributed by atoms with van der Waals surface area (Å²) in [5, 5.41) is 6.34. The zero-order valence-corrected chi connectivity index (χ0v) is 12.8. The summed E-state index contributed by atoms with van der Waals surface area (Å²) in [6, 6.07) is 13.8. The van der Waals surface area contributed by atoms with E-state index in [-0.39, 0.29) is 5.91 Å². The molecule has 0 atom stereocenters. The monoisotopic (exact) mass is 298 g/mol. The van der Waals surface area contributed by atoms with Crippen LogP contribution in [0, 0.1) is 0 Å². The van der Waals surface area contributed by atoms with Gasteiger partial charge in [0.2, 0.25) is 0 Å². The van der Waals surface area contributed by atoms with Crippen LogP contribution in [0.3, 0.4) is 0 Å². The summed E-state index contributed by atoms with van der Waals surface area (Å²) in [5.74, 6) is -0.0348. The van der Waals surface area contributed by atoms with Gasteiger partial charge < -0.3 is 10.6 Å². The van der Waals surface area contributed by atoms with Crippen molar-refractivity contribution in [1.82, 2.24) is 0 Å². The molecule has 3 nitrogen and oxygen atoms in total. The molecule has 2 aromatic rings. The maximum absolute atomic E-state index is 12.5. The van der Waals surface area contributed by atoms with Gasteiger partial charge in [0.25, 0.3) is 5.91 Å². The maximum atomic E-state index is 12.5. The molecule has 0 aromatic heterocycles. The highest BCUT2D eigenvalue weighted by Gasteiger charge is 2.17. The highest BCUT2D eigenvalue weighted by Crippen LogP contribution is 2.26. The van der Waals surface area contributed by atoms with Gasteiger partial charge in [0.1, 0.15) is 0 Å². The van der Waals surface area contributed by atoms with Crippen molar-refractivity contribution in [3.05, 3.63) is 53.6 Å². The molecule has 0 radical (unpaired) electrons. The Morgan fingerprint density at radius 3 is 2.76 bits per heavy atom. The van der Waals surface area contributed by atoms with E-state index in [9.17, 15) is 4.79 Å². The number of hydrogen-bond donors (Lipinski definition) is 2. The average Bonchev–Trinajstić information content (AvgIpc) is 2.55. The quantitative estimate of drug-likeness (QED) is 0.841. The third-order valence-electron chi connectivity index (χ3n) is 3.69. The first-order chi connectivity index (χ1) is 10.3. The van der Waals surface area contributed by atoms with E-state index in [0.29, 0.717) is 0 Å². The molecule has 0 saturated carbocycles. The van der Waals surface area contributed by atoms with Crippen molar-refractivity contribution in [3.8, 4) is 0 Å². The summed E-state index contributed by atoms with van der Waals surface area (Å²) in [5.41, 5.74) is 3.82. The fourth-order valence-corrected chi connectivity index (χ4v) is 3.00. The Bertz CT molecular complexity index is 652. The number of nitrogens with one attached hydrogen (secondary N) is 2. The van der Waals surface area contributed by atoms with Crippen LogP contribution in [0.2, 0.25) is 0 Å². The number of anilines is 2. The van der Waals surface area contributed by atoms with Crippen molar-refractivity contribution in [2.75, 3.05) is 23.4 Å². The minimum absolute atomic E-state index is 0.0348. The van der Waals surface area contributed by atoms with Crippen molar-refractivity contribution in [2.45, 2.75) is 17.7 Å². The van der Waals surface area contributed by atoms with Crippen LogP contribution in [0.15, 0.2) is 47.4 Å². The lowest BCUT2D eigenvalue weighted by atomic mass is 9.97. The number of amides is 1. The maximum Gasteiger partial charge on any atom is 0.256 e. The fourth-order valence-electron chi connectivity index (χ4n) is 2.60. The van der Waals surface area contributed by atoms with E-state index in [1.54, 1.807) is 11.8 Å². The van der Waals surface area contributed by atoms with Gasteiger partial charge in [0, 0.05) is 28.4 Å². The van der Waals surface area contributed by atoms with Gasteiger partial charge in [0.15, 0.2) is 0 Å². The van der Waals surface area contributed by atoms with Gasteiger partial charge >= 0.3 is 0 Å². The molecule has 2 aromatic carbocycles. The number of carbonyl (C=O) groups excluding carboxylic acids is 1. The third kappa shape index (κ3) is 3.05. The molecule has 0 saturated heterocycles. The van der Waals surface area contributed by atoms with Crippen molar-refractivity contribution in [2.24, 2.45) is 0 Å². The molecule has 1 heterocycles. The minimum Gasteiger partial charge on any atom is -0.385 e. The first-order valence-electron chi connectivity index (χ1n) is 7.09. The Hall–Kier alpha value is -1.94. The largest absolute Gasteiger partial charge is 0.385 e. The van der Waals surface area contributed by atoms with E-state index in [1.807, 2.05) is 48.7 Å². The van der Waals surface area contributed by atoms with Gasteiger partial charge in [-0.3, -0.25) is 4.79 Å². The van der Waals surface area contributed by atoms with Crippen molar-refractivity contribution in [1.29, 1.82) is 0 Å². The van der Waals surface area contributed by atoms with Crippen LogP contribution in [0.25, 0.3) is 0 Å². The van der Waals surface area contributed by atoms with Crippen molar-refractivity contribution in [3.63, 3.8) is 0 Å². The molecule has 1 amide bonds. The van der Waals surface area contributed by atoms with Crippen LogP contribution in [-0.4, -0.2) is 18.7 Å². The van der Waals surface area contributed by atoms with Crippen LogP contribution in [0.5, 0.6) is 0 Å². The summed E-state index contributed by atoms with van der Waals surface area (Å²) in [7, 11) is 0. The molecule has 1 aliphatic rings. The number of rotatable bonds is 3. The van der Waals surface area contributed by atoms with Gasteiger partial charge in [-0.05, 0) is 61.1 Å². The molecule has 0 fully saturated rings. The van der Waals surface area contributed by atoms with E-state index < -0.39 is 0 Å². The van der Waals surface area contributed by atoms with Crippen LogP contribution in [-0.2, 0) is 6.42 Å². The molecule has 0 unspecified atom stereocenters. The molecule has 3 rings (SSSR count). The number of carbonyl (C=O) groups is 1. The molecular formula is C17H18N2OS. The normalized spacial score (nSPS) is 13.2. The second kappa shape index (κ2) is 6.22. The molecule has 0 bridgehead atoms. The number of benzene rings is 2. The molecule has 1 aliphatic heterocycles. The first kappa shape index (κ1) is 14.0. The summed E-state index contributed by atoms with van der Waals surface area (Å²) in [4.78, 5) is 13.7. The second-order valence-corrected chi connectivity index (χ2v) is 5.92. The third-order valence-corrected chi connectivity index (χ3v) is 4.43.